The number of carbonyl (C=O) groups is 3. The molecule has 0 bridgehead atoms. The molecule has 0 heterocycles. The number of halogens is 1. The smallest absolute Gasteiger partial charge is 0.412 e. The lowest BCUT2D eigenvalue weighted by molar-refractivity contribution is -0.116. The van der Waals surface area contributed by atoms with Gasteiger partial charge in [0.25, 0.3) is 0 Å². The second-order valence-electron chi connectivity index (χ2n) is 16.2. The zero-order chi connectivity index (χ0) is 41.2. The van der Waals surface area contributed by atoms with Crippen molar-refractivity contribution < 1.29 is 33.4 Å². The number of amides is 3. The van der Waals surface area contributed by atoms with Crippen LogP contribution in [-0.4, -0.2) is 50.7 Å². The molecule has 0 saturated heterocycles. The van der Waals surface area contributed by atoms with E-state index in [4.69, 9.17) is 25.5 Å². The third kappa shape index (κ3) is 11.8. The third-order valence-corrected chi connectivity index (χ3v) is 15.9. The molecular weight excluding hydrogens is 758 g/mol. The first-order valence-corrected chi connectivity index (χ1v) is 22.9. The van der Waals surface area contributed by atoms with Crippen LogP contribution in [0.15, 0.2) is 91.0 Å². The Bertz CT molecular complexity index is 1980. The SMILES string of the molecule is COc1cc(NC(=O)CCCc2ccc(-c3ccccc3)c(N(C(=O)O)C3CCC(NC(=O)OCc4ccccc4)CC3)c2)c(Cl)cc1CO[Si](C)(C)C(C)(C)C. The topological polar surface area (TPSA) is 126 Å². The van der Waals surface area contributed by atoms with Gasteiger partial charge in [0.05, 0.1) is 30.1 Å². The van der Waals surface area contributed by atoms with Crippen LogP contribution in [0.3, 0.4) is 0 Å². The second kappa shape index (κ2) is 19.5. The highest BCUT2D eigenvalue weighted by Gasteiger charge is 2.37. The van der Waals surface area contributed by atoms with E-state index in [1.165, 1.54) is 4.90 Å². The summed E-state index contributed by atoms with van der Waals surface area (Å²) in [5, 5.41) is 17.0. The van der Waals surface area contributed by atoms with Crippen LogP contribution in [0.25, 0.3) is 11.1 Å². The van der Waals surface area contributed by atoms with E-state index >= 15 is 0 Å². The molecule has 1 aliphatic carbocycles. The molecule has 57 heavy (non-hydrogen) atoms. The quantitative estimate of drug-likeness (QED) is 0.102. The van der Waals surface area contributed by atoms with Crippen molar-refractivity contribution in [2.45, 2.75) is 109 Å². The fourth-order valence-corrected chi connectivity index (χ4v) is 7.98. The molecular formula is C45H56ClN3O7Si. The number of rotatable bonds is 15. The summed E-state index contributed by atoms with van der Waals surface area (Å²) in [6, 6.07) is 28.3. The highest BCUT2D eigenvalue weighted by atomic mass is 35.5. The first-order chi connectivity index (χ1) is 27.1. The average molecular weight is 814 g/mol. The molecule has 10 nitrogen and oxygen atoms in total. The molecule has 4 aromatic carbocycles. The summed E-state index contributed by atoms with van der Waals surface area (Å²) in [5.41, 5.74) is 5.44. The number of ether oxygens (including phenoxy) is 2. The van der Waals surface area contributed by atoms with Crippen LogP contribution in [0, 0.1) is 0 Å². The Kier molecular flexibility index (Phi) is 14.8. The lowest BCUT2D eigenvalue weighted by Gasteiger charge is -2.36. The summed E-state index contributed by atoms with van der Waals surface area (Å²) < 4.78 is 17.5. The zero-order valence-electron chi connectivity index (χ0n) is 33.9. The largest absolute Gasteiger partial charge is 0.496 e. The molecule has 1 aliphatic rings. The Balaban J connectivity index is 1.22. The molecule has 1 saturated carbocycles. The average Bonchev–Trinajstić information content (AvgIpc) is 3.18. The molecule has 4 aromatic rings. The van der Waals surface area contributed by atoms with E-state index in [9.17, 15) is 19.5 Å². The van der Waals surface area contributed by atoms with E-state index in [1.54, 1.807) is 19.2 Å². The van der Waals surface area contributed by atoms with Crippen LogP contribution >= 0.6 is 11.6 Å². The van der Waals surface area contributed by atoms with Crippen LogP contribution in [0.5, 0.6) is 5.75 Å². The number of methoxy groups -OCH3 is 1. The van der Waals surface area contributed by atoms with Gasteiger partial charge in [-0.3, -0.25) is 9.69 Å². The normalized spacial score (nSPS) is 15.7. The maximum Gasteiger partial charge on any atom is 0.412 e. The first kappa shape index (κ1) is 43.3. The van der Waals surface area contributed by atoms with E-state index in [2.05, 4.69) is 44.5 Å². The number of alkyl carbamates (subject to hydrolysis) is 1. The van der Waals surface area contributed by atoms with E-state index < -0.39 is 20.5 Å². The number of hydrogen-bond donors (Lipinski definition) is 3. The summed E-state index contributed by atoms with van der Waals surface area (Å²) in [5.74, 6) is 0.403. The van der Waals surface area contributed by atoms with E-state index in [0.29, 0.717) is 67.3 Å². The molecule has 0 unspecified atom stereocenters. The van der Waals surface area contributed by atoms with Crippen LogP contribution in [-0.2, 0) is 33.6 Å². The van der Waals surface area contributed by atoms with Crippen molar-refractivity contribution in [3.63, 3.8) is 0 Å². The second-order valence-corrected chi connectivity index (χ2v) is 21.4. The molecule has 0 aliphatic heterocycles. The molecule has 0 radical (unpaired) electrons. The number of carbonyl (C=O) groups excluding carboxylic acids is 2. The molecule has 0 aromatic heterocycles. The van der Waals surface area contributed by atoms with Crippen LogP contribution in [0.1, 0.15) is 76.0 Å². The highest BCUT2D eigenvalue weighted by molar-refractivity contribution is 6.74. The van der Waals surface area contributed by atoms with Crippen molar-refractivity contribution in [3.05, 3.63) is 113 Å². The van der Waals surface area contributed by atoms with Crippen molar-refractivity contribution in [3.8, 4) is 16.9 Å². The van der Waals surface area contributed by atoms with Gasteiger partial charge in [0.1, 0.15) is 12.4 Å². The van der Waals surface area contributed by atoms with Gasteiger partial charge in [0, 0.05) is 35.7 Å². The molecule has 3 amide bonds. The number of nitrogens with one attached hydrogen (secondary N) is 2. The summed E-state index contributed by atoms with van der Waals surface area (Å²) in [4.78, 5) is 40.2. The molecule has 304 valence electrons. The minimum atomic E-state index is -2.00. The third-order valence-electron chi connectivity index (χ3n) is 11.1. The molecule has 0 spiro atoms. The fraction of sp³-hybridized carbons (Fsp3) is 0.400. The number of carboxylic acid groups (broad SMARTS) is 1. The van der Waals surface area contributed by atoms with Gasteiger partial charge in [-0.05, 0) is 85.5 Å². The van der Waals surface area contributed by atoms with Gasteiger partial charge in [-0.2, -0.15) is 0 Å². The number of nitrogens with zero attached hydrogens (tertiary/aromatic N) is 1. The molecule has 12 heteroatoms. The van der Waals surface area contributed by atoms with Crippen molar-refractivity contribution in [2.24, 2.45) is 0 Å². The number of benzene rings is 4. The van der Waals surface area contributed by atoms with Crippen LogP contribution < -0.4 is 20.3 Å². The van der Waals surface area contributed by atoms with E-state index in [-0.39, 0.29) is 36.1 Å². The molecule has 1 fully saturated rings. The van der Waals surface area contributed by atoms with Crippen LogP contribution in [0.2, 0.25) is 23.2 Å². The predicted octanol–water partition coefficient (Wildman–Crippen LogP) is 11.2. The maximum atomic E-state index is 13.2. The first-order valence-electron chi connectivity index (χ1n) is 19.6. The van der Waals surface area contributed by atoms with E-state index in [1.807, 2.05) is 78.9 Å². The predicted molar refractivity (Wildman–Crippen MR) is 230 cm³/mol. The van der Waals surface area contributed by atoms with Crippen molar-refractivity contribution in [1.29, 1.82) is 0 Å². The standard InChI is InChI=1S/C45H56ClN3O7Si/c1-45(2,3)57(5,6)56-30-34-27-38(46)39(28-41(34)54-4)48-42(50)19-13-16-31-20-25-37(33-17-11-8-12-18-33)40(26-31)49(44(52)53)36-23-21-35(22-24-36)47-43(51)55-29-32-14-9-7-10-15-32/h7-12,14-15,17-18,20,25-28,35-36H,13,16,19,21-24,29-30H2,1-6H3,(H,47,51)(H,48,50)(H,52,53). The molecule has 5 rings (SSSR count). The monoisotopic (exact) mass is 813 g/mol. The summed E-state index contributed by atoms with van der Waals surface area (Å²) in [6.07, 6.45) is 2.21. The van der Waals surface area contributed by atoms with Crippen molar-refractivity contribution >= 4 is 49.4 Å². The zero-order valence-corrected chi connectivity index (χ0v) is 35.7. The van der Waals surface area contributed by atoms with Gasteiger partial charge >= 0.3 is 12.2 Å². The Morgan fingerprint density at radius 3 is 2.18 bits per heavy atom. The Morgan fingerprint density at radius 2 is 1.54 bits per heavy atom. The maximum absolute atomic E-state index is 13.2. The summed E-state index contributed by atoms with van der Waals surface area (Å²) >= 11 is 6.65. The van der Waals surface area contributed by atoms with Gasteiger partial charge in [0.15, 0.2) is 8.32 Å². The lowest BCUT2D eigenvalue weighted by Crippen LogP contribution is -2.46. The van der Waals surface area contributed by atoms with Gasteiger partial charge in [-0.1, -0.05) is 105 Å². The highest BCUT2D eigenvalue weighted by Crippen LogP contribution is 2.39. The Morgan fingerprint density at radius 1 is 0.877 bits per heavy atom. The van der Waals surface area contributed by atoms with Gasteiger partial charge in [-0.15, -0.1) is 0 Å². The minimum absolute atomic E-state index is 0.0551. The fourth-order valence-electron chi connectivity index (χ4n) is 6.79. The van der Waals surface area contributed by atoms with Crippen LogP contribution in [0.4, 0.5) is 21.0 Å². The molecule has 0 atom stereocenters. The Labute approximate surface area is 343 Å². The number of hydrogen-bond acceptors (Lipinski definition) is 6. The van der Waals surface area contributed by atoms with Crippen molar-refractivity contribution in [2.75, 3.05) is 17.3 Å². The minimum Gasteiger partial charge on any atom is -0.496 e. The van der Waals surface area contributed by atoms with Gasteiger partial charge < -0.3 is 29.6 Å². The summed E-state index contributed by atoms with van der Waals surface area (Å²) in [7, 11) is -0.418. The van der Waals surface area contributed by atoms with Crippen molar-refractivity contribution in [1.82, 2.24) is 5.32 Å². The lowest BCUT2D eigenvalue weighted by atomic mass is 9.89. The summed E-state index contributed by atoms with van der Waals surface area (Å²) in [6.45, 7) is 11.5. The van der Waals surface area contributed by atoms with Gasteiger partial charge in [-0.25, -0.2) is 9.59 Å². The Hall–Kier alpha value is -4.84. The number of aryl methyl sites for hydroxylation is 1. The molecule has 3 N–H and O–H groups in total. The van der Waals surface area contributed by atoms with Gasteiger partial charge in [0.2, 0.25) is 5.91 Å². The number of anilines is 2. The van der Waals surface area contributed by atoms with E-state index in [0.717, 1.165) is 27.8 Å².